The van der Waals surface area contributed by atoms with Crippen molar-refractivity contribution in [2.45, 2.75) is 38.8 Å². The van der Waals surface area contributed by atoms with Crippen molar-refractivity contribution in [2.24, 2.45) is 0 Å². The predicted octanol–water partition coefficient (Wildman–Crippen LogP) is 3.99. The Bertz CT molecular complexity index is 803. The topological polar surface area (TPSA) is 63.0 Å². The average Bonchev–Trinajstić information content (AvgIpc) is 3.41. The minimum absolute atomic E-state index is 0.00656. The van der Waals surface area contributed by atoms with E-state index in [0.29, 0.717) is 36.0 Å². The molecule has 29 heavy (non-hydrogen) atoms. The van der Waals surface area contributed by atoms with E-state index in [1.54, 1.807) is 46.4 Å². The van der Waals surface area contributed by atoms with Crippen molar-refractivity contribution in [2.75, 3.05) is 26.2 Å². The Balaban J connectivity index is 1.72. The highest BCUT2D eigenvalue weighted by Gasteiger charge is 2.26. The van der Waals surface area contributed by atoms with Crippen LogP contribution in [0, 0.1) is 0 Å². The highest BCUT2D eigenvalue weighted by Crippen LogP contribution is 2.17. The van der Waals surface area contributed by atoms with Crippen molar-refractivity contribution in [1.82, 2.24) is 9.80 Å². The molecule has 3 rings (SSSR count). The molecule has 1 aliphatic rings. The molecule has 1 aliphatic heterocycles. The zero-order valence-electron chi connectivity index (χ0n) is 16.7. The molecule has 1 aromatic carbocycles. The number of halogens is 1. The molecule has 2 heterocycles. The van der Waals surface area contributed by atoms with Gasteiger partial charge in [0.05, 0.1) is 18.9 Å². The van der Waals surface area contributed by atoms with E-state index in [1.165, 1.54) is 0 Å². The first-order valence-electron chi connectivity index (χ1n) is 10.0. The van der Waals surface area contributed by atoms with Gasteiger partial charge in [0.25, 0.3) is 5.91 Å². The number of nitrogens with zero attached hydrogens (tertiary/aromatic N) is 2. The minimum atomic E-state index is -0.197. The van der Waals surface area contributed by atoms with Gasteiger partial charge in [-0.1, -0.05) is 24.6 Å². The summed E-state index contributed by atoms with van der Waals surface area (Å²) in [6.07, 6.45) is 4.31. The maximum atomic E-state index is 13.2. The Morgan fingerprint density at radius 2 is 2.07 bits per heavy atom. The van der Waals surface area contributed by atoms with Crippen LogP contribution < -0.4 is 0 Å². The van der Waals surface area contributed by atoms with Crippen LogP contribution in [0.25, 0.3) is 0 Å². The number of hydrogen-bond donors (Lipinski definition) is 0. The third-order valence-corrected chi connectivity index (χ3v) is 5.14. The van der Waals surface area contributed by atoms with Crippen LogP contribution in [-0.4, -0.2) is 54.0 Å². The molecule has 0 saturated carbocycles. The van der Waals surface area contributed by atoms with Crippen LogP contribution in [0.3, 0.4) is 0 Å². The van der Waals surface area contributed by atoms with Crippen LogP contribution in [0.15, 0.2) is 47.1 Å². The normalized spacial score (nSPS) is 16.0. The lowest BCUT2D eigenvalue weighted by atomic mass is 10.2. The molecule has 0 spiro atoms. The van der Waals surface area contributed by atoms with Gasteiger partial charge >= 0.3 is 0 Å². The van der Waals surface area contributed by atoms with Gasteiger partial charge in [-0.05, 0) is 49.6 Å². The molecular formula is C22H27ClN2O4. The van der Waals surface area contributed by atoms with Gasteiger partial charge in [-0.25, -0.2) is 0 Å². The van der Waals surface area contributed by atoms with Crippen molar-refractivity contribution >= 4 is 23.4 Å². The number of hydrogen-bond acceptors (Lipinski definition) is 4. The lowest BCUT2D eigenvalue weighted by molar-refractivity contribution is -0.134. The standard InChI is InChI=1S/C22H27ClN2O4/c1-2-10-24(22(27)17-6-3-7-18(23)13-17)16-21(26)25(14-19-8-4-11-28-19)15-20-9-5-12-29-20/h3-4,6-8,11,13,20H,2,5,9-10,12,14-16H2,1H3/t20-/m1/s1. The van der Waals surface area contributed by atoms with Gasteiger partial charge in [0.1, 0.15) is 12.3 Å². The molecule has 0 radical (unpaired) electrons. The molecule has 1 fully saturated rings. The summed E-state index contributed by atoms with van der Waals surface area (Å²) in [5.74, 6) is 0.387. The summed E-state index contributed by atoms with van der Waals surface area (Å²) in [5, 5.41) is 0.497. The first kappa shape index (κ1) is 21.4. The lowest BCUT2D eigenvalue weighted by Crippen LogP contribution is -2.45. The van der Waals surface area contributed by atoms with E-state index < -0.39 is 0 Å². The molecule has 156 valence electrons. The molecule has 0 aliphatic carbocycles. The van der Waals surface area contributed by atoms with E-state index in [9.17, 15) is 9.59 Å². The summed E-state index contributed by atoms with van der Waals surface area (Å²) in [4.78, 5) is 29.4. The number of rotatable bonds is 9. The fourth-order valence-electron chi connectivity index (χ4n) is 3.47. The molecule has 2 amide bonds. The van der Waals surface area contributed by atoms with Crippen LogP contribution in [0.4, 0.5) is 0 Å². The van der Waals surface area contributed by atoms with Crippen molar-refractivity contribution < 1.29 is 18.7 Å². The molecule has 1 aromatic heterocycles. The van der Waals surface area contributed by atoms with Gasteiger partial charge < -0.3 is 19.0 Å². The number of amides is 2. The number of benzene rings is 1. The van der Waals surface area contributed by atoms with Crippen LogP contribution in [0.1, 0.15) is 42.3 Å². The lowest BCUT2D eigenvalue weighted by Gasteiger charge is -2.28. The molecule has 6 nitrogen and oxygen atoms in total. The largest absolute Gasteiger partial charge is 0.467 e. The van der Waals surface area contributed by atoms with Crippen molar-refractivity contribution in [1.29, 1.82) is 0 Å². The van der Waals surface area contributed by atoms with Crippen LogP contribution >= 0.6 is 11.6 Å². The summed E-state index contributed by atoms with van der Waals surface area (Å²) >= 11 is 6.03. The molecule has 0 unspecified atom stereocenters. The molecule has 1 saturated heterocycles. The van der Waals surface area contributed by atoms with Gasteiger partial charge in [0.15, 0.2) is 0 Å². The Morgan fingerprint density at radius 1 is 1.21 bits per heavy atom. The van der Waals surface area contributed by atoms with Gasteiger partial charge in [-0.15, -0.1) is 0 Å². The Kier molecular flexibility index (Phi) is 7.72. The van der Waals surface area contributed by atoms with Crippen LogP contribution in [0.5, 0.6) is 0 Å². The Morgan fingerprint density at radius 3 is 2.72 bits per heavy atom. The monoisotopic (exact) mass is 418 g/mol. The third kappa shape index (κ3) is 6.08. The molecule has 2 aromatic rings. The summed E-state index contributed by atoms with van der Waals surface area (Å²) in [7, 11) is 0. The van der Waals surface area contributed by atoms with E-state index in [0.717, 1.165) is 25.9 Å². The first-order valence-corrected chi connectivity index (χ1v) is 10.4. The number of carbonyl (C=O) groups excluding carboxylic acids is 2. The summed E-state index contributed by atoms with van der Waals surface area (Å²) < 4.78 is 11.1. The zero-order valence-corrected chi connectivity index (χ0v) is 17.4. The molecule has 1 atom stereocenters. The van der Waals surface area contributed by atoms with Crippen molar-refractivity contribution in [3.8, 4) is 0 Å². The highest BCUT2D eigenvalue weighted by molar-refractivity contribution is 6.30. The second-order valence-electron chi connectivity index (χ2n) is 7.23. The Hall–Kier alpha value is -2.31. The number of carbonyl (C=O) groups is 2. The quantitative estimate of drug-likeness (QED) is 0.617. The second-order valence-corrected chi connectivity index (χ2v) is 7.66. The van der Waals surface area contributed by atoms with E-state index in [2.05, 4.69) is 0 Å². The van der Waals surface area contributed by atoms with Crippen molar-refractivity contribution in [3.05, 3.63) is 59.0 Å². The van der Waals surface area contributed by atoms with Crippen LogP contribution in [0.2, 0.25) is 5.02 Å². The molecular weight excluding hydrogens is 392 g/mol. The minimum Gasteiger partial charge on any atom is -0.467 e. The van der Waals surface area contributed by atoms with Gasteiger partial charge in [-0.3, -0.25) is 9.59 Å². The highest BCUT2D eigenvalue weighted by atomic mass is 35.5. The summed E-state index contributed by atoms with van der Waals surface area (Å²) in [6, 6.07) is 10.5. The SMILES string of the molecule is CCCN(CC(=O)N(Cc1ccco1)C[C@H]1CCCO1)C(=O)c1cccc(Cl)c1. The Labute approximate surface area is 176 Å². The van der Waals surface area contributed by atoms with Gasteiger partial charge in [-0.2, -0.15) is 0 Å². The molecule has 0 N–H and O–H groups in total. The predicted molar refractivity (Wildman–Crippen MR) is 111 cm³/mol. The summed E-state index contributed by atoms with van der Waals surface area (Å²) in [5.41, 5.74) is 0.482. The smallest absolute Gasteiger partial charge is 0.254 e. The van der Waals surface area contributed by atoms with Gasteiger partial charge in [0.2, 0.25) is 5.91 Å². The third-order valence-electron chi connectivity index (χ3n) is 4.91. The fourth-order valence-corrected chi connectivity index (χ4v) is 3.66. The van der Waals surface area contributed by atoms with Crippen molar-refractivity contribution in [3.63, 3.8) is 0 Å². The van der Waals surface area contributed by atoms with E-state index in [1.807, 2.05) is 13.0 Å². The second kappa shape index (κ2) is 10.5. The van der Waals surface area contributed by atoms with E-state index in [-0.39, 0.29) is 24.5 Å². The first-order chi connectivity index (χ1) is 14.1. The average molecular weight is 419 g/mol. The summed E-state index contributed by atoms with van der Waals surface area (Å²) in [6.45, 7) is 4.05. The van der Waals surface area contributed by atoms with E-state index in [4.69, 9.17) is 20.8 Å². The maximum Gasteiger partial charge on any atom is 0.254 e. The van der Waals surface area contributed by atoms with Gasteiger partial charge in [0, 0.05) is 30.3 Å². The van der Waals surface area contributed by atoms with E-state index >= 15 is 0 Å². The molecule has 0 bridgehead atoms. The maximum absolute atomic E-state index is 13.2. The fraction of sp³-hybridized carbons (Fsp3) is 0.455. The number of furan rings is 1. The van der Waals surface area contributed by atoms with Crippen LogP contribution in [-0.2, 0) is 16.1 Å². The molecule has 7 heteroatoms. The zero-order chi connectivity index (χ0) is 20.6. The number of ether oxygens (including phenoxy) is 1.